The summed E-state index contributed by atoms with van der Waals surface area (Å²) >= 11 is 0. The molecule has 0 aliphatic carbocycles. The zero-order valence-electron chi connectivity index (χ0n) is 15.9. The van der Waals surface area contributed by atoms with Crippen molar-refractivity contribution in [3.8, 4) is 17.1 Å². The third-order valence-electron chi connectivity index (χ3n) is 4.58. The van der Waals surface area contributed by atoms with Gasteiger partial charge in [0.15, 0.2) is 0 Å². The van der Waals surface area contributed by atoms with Crippen LogP contribution in [0.3, 0.4) is 0 Å². The van der Waals surface area contributed by atoms with Crippen molar-refractivity contribution in [2.75, 3.05) is 14.2 Å². The summed E-state index contributed by atoms with van der Waals surface area (Å²) in [5.41, 5.74) is 0.722. The van der Waals surface area contributed by atoms with Crippen LogP contribution >= 0.6 is 0 Å². The molecule has 0 spiro atoms. The van der Waals surface area contributed by atoms with E-state index in [4.69, 9.17) is 9.26 Å². The molecule has 0 bridgehead atoms. The molecule has 0 atom stereocenters. The Morgan fingerprint density at radius 2 is 1.79 bits per heavy atom. The van der Waals surface area contributed by atoms with E-state index >= 15 is 0 Å². The average molecular weight is 409 g/mol. The Bertz CT molecular complexity index is 1270. The molecule has 0 fully saturated rings. The molecule has 0 saturated heterocycles. The second-order valence-electron chi connectivity index (χ2n) is 6.51. The quantitative estimate of drug-likeness (QED) is 0.482. The second kappa shape index (κ2) is 7.65. The lowest BCUT2D eigenvalue weighted by Crippen LogP contribution is -2.26. The molecule has 3 aromatic carbocycles. The molecule has 4 rings (SSSR count). The van der Waals surface area contributed by atoms with Crippen LogP contribution in [0, 0.1) is 0 Å². The minimum absolute atomic E-state index is 0.0356. The van der Waals surface area contributed by atoms with Crippen LogP contribution in [0.25, 0.3) is 22.2 Å². The number of hydrogen-bond donors (Lipinski definition) is 0. The zero-order valence-corrected chi connectivity index (χ0v) is 16.8. The van der Waals surface area contributed by atoms with Crippen molar-refractivity contribution < 1.29 is 17.7 Å². The van der Waals surface area contributed by atoms with Crippen molar-refractivity contribution in [2.24, 2.45) is 0 Å². The van der Waals surface area contributed by atoms with Gasteiger partial charge in [-0.25, -0.2) is 8.42 Å². The van der Waals surface area contributed by atoms with Crippen LogP contribution in [0.15, 0.2) is 76.1 Å². The number of hydrogen-bond acceptors (Lipinski definition) is 6. The van der Waals surface area contributed by atoms with Gasteiger partial charge in [-0.2, -0.15) is 9.29 Å². The van der Waals surface area contributed by atoms with Crippen LogP contribution in [-0.2, 0) is 16.6 Å². The highest BCUT2D eigenvalue weighted by molar-refractivity contribution is 7.89. The van der Waals surface area contributed by atoms with Gasteiger partial charge in [0.2, 0.25) is 21.7 Å². The number of methoxy groups -OCH3 is 1. The zero-order chi connectivity index (χ0) is 20.4. The maximum absolute atomic E-state index is 13.0. The molecule has 0 amide bonds. The van der Waals surface area contributed by atoms with Gasteiger partial charge in [-0.1, -0.05) is 47.6 Å². The highest BCUT2D eigenvalue weighted by Crippen LogP contribution is 2.24. The van der Waals surface area contributed by atoms with Crippen molar-refractivity contribution in [3.63, 3.8) is 0 Å². The fraction of sp³-hybridized carbons (Fsp3) is 0.143. The largest absolute Gasteiger partial charge is 0.497 e. The predicted octanol–water partition coefficient (Wildman–Crippen LogP) is 3.72. The molecular formula is C21H19N3O4S. The first-order valence-corrected chi connectivity index (χ1v) is 10.3. The van der Waals surface area contributed by atoms with Crippen LogP contribution in [0.1, 0.15) is 5.89 Å². The van der Waals surface area contributed by atoms with Gasteiger partial charge < -0.3 is 9.26 Å². The van der Waals surface area contributed by atoms with Gasteiger partial charge >= 0.3 is 0 Å². The summed E-state index contributed by atoms with van der Waals surface area (Å²) in [6, 6.07) is 19.9. The molecular weight excluding hydrogens is 390 g/mol. The molecule has 8 heteroatoms. The van der Waals surface area contributed by atoms with Gasteiger partial charge in [0.05, 0.1) is 18.6 Å². The Morgan fingerprint density at radius 1 is 1.00 bits per heavy atom. The summed E-state index contributed by atoms with van der Waals surface area (Å²) in [5, 5.41) is 5.79. The van der Waals surface area contributed by atoms with Gasteiger partial charge in [0, 0.05) is 12.6 Å². The minimum atomic E-state index is -3.71. The standard InChI is InChI=1S/C21H19N3O4S/c1-24(29(25,26)19-11-10-15-6-3-4-7-16(15)13-19)14-20-22-21(23-28-20)17-8-5-9-18(12-17)27-2/h3-13H,14H2,1-2H3. The van der Waals surface area contributed by atoms with Gasteiger partial charge in [-0.15, -0.1) is 0 Å². The number of benzene rings is 3. The molecule has 0 unspecified atom stereocenters. The first kappa shape index (κ1) is 19.1. The normalized spacial score (nSPS) is 11.8. The molecule has 1 aromatic heterocycles. The van der Waals surface area contributed by atoms with E-state index in [1.165, 1.54) is 11.4 Å². The number of aromatic nitrogens is 2. The average Bonchev–Trinajstić information content (AvgIpc) is 3.22. The molecule has 7 nitrogen and oxygen atoms in total. The van der Waals surface area contributed by atoms with Crippen LogP contribution in [-0.4, -0.2) is 37.0 Å². The van der Waals surface area contributed by atoms with Gasteiger partial charge in [0.25, 0.3) is 0 Å². The van der Waals surface area contributed by atoms with E-state index in [1.807, 2.05) is 42.5 Å². The minimum Gasteiger partial charge on any atom is -0.497 e. The van der Waals surface area contributed by atoms with Crippen molar-refractivity contribution >= 4 is 20.8 Å². The van der Waals surface area contributed by atoms with E-state index in [1.54, 1.807) is 31.4 Å². The van der Waals surface area contributed by atoms with Crippen molar-refractivity contribution in [3.05, 3.63) is 72.6 Å². The molecule has 4 aromatic rings. The Labute approximate surface area is 168 Å². The van der Waals surface area contributed by atoms with E-state index in [2.05, 4.69) is 10.1 Å². The van der Waals surface area contributed by atoms with Crippen LogP contribution < -0.4 is 4.74 Å². The lowest BCUT2D eigenvalue weighted by Gasteiger charge is -2.15. The SMILES string of the molecule is COc1cccc(-c2noc(CN(C)S(=O)(=O)c3ccc4ccccc4c3)n2)c1. The van der Waals surface area contributed by atoms with E-state index < -0.39 is 10.0 Å². The van der Waals surface area contributed by atoms with Crippen LogP contribution in [0.5, 0.6) is 5.75 Å². The maximum atomic E-state index is 13.0. The number of rotatable bonds is 6. The van der Waals surface area contributed by atoms with E-state index in [-0.39, 0.29) is 17.3 Å². The number of sulfonamides is 1. The first-order chi connectivity index (χ1) is 14.0. The summed E-state index contributed by atoms with van der Waals surface area (Å²) in [6.07, 6.45) is 0. The summed E-state index contributed by atoms with van der Waals surface area (Å²) in [4.78, 5) is 4.53. The topological polar surface area (TPSA) is 85.5 Å². The predicted molar refractivity (Wildman–Crippen MR) is 109 cm³/mol. The van der Waals surface area contributed by atoms with Crippen LogP contribution in [0.4, 0.5) is 0 Å². The van der Waals surface area contributed by atoms with E-state index in [0.717, 1.165) is 16.3 Å². The first-order valence-electron chi connectivity index (χ1n) is 8.89. The molecule has 0 radical (unpaired) electrons. The number of ether oxygens (including phenoxy) is 1. The molecule has 0 aliphatic heterocycles. The smallest absolute Gasteiger partial charge is 0.243 e. The molecule has 1 heterocycles. The monoisotopic (exact) mass is 409 g/mol. The van der Waals surface area contributed by atoms with Crippen LogP contribution in [0.2, 0.25) is 0 Å². The third-order valence-corrected chi connectivity index (χ3v) is 6.38. The molecule has 0 aliphatic rings. The Hall–Kier alpha value is -3.23. The van der Waals surface area contributed by atoms with Gasteiger partial charge in [0.1, 0.15) is 5.75 Å². The molecule has 29 heavy (non-hydrogen) atoms. The molecule has 0 N–H and O–H groups in total. The second-order valence-corrected chi connectivity index (χ2v) is 8.56. The highest BCUT2D eigenvalue weighted by Gasteiger charge is 2.23. The highest BCUT2D eigenvalue weighted by atomic mass is 32.2. The fourth-order valence-electron chi connectivity index (χ4n) is 2.98. The Morgan fingerprint density at radius 3 is 2.59 bits per heavy atom. The molecule has 0 saturated carbocycles. The van der Waals surface area contributed by atoms with Gasteiger partial charge in [-0.05, 0) is 35.0 Å². The van der Waals surface area contributed by atoms with E-state index in [0.29, 0.717) is 11.6 Å². The Kier molecular flexibility index (Phi) is 5.04. The van der Waals surface area contributed by atoms with Crippen molar-refractivity contribution in [2.45, 2.75) is 11.4 Å². The van der Waals surface area contributed by atoms with Crippen molar-refractivity contribution in [1.82, 2.24) is 14.4 Å². The summed E-state index contributed by atoms with van der Waals surface area (Å²) in [5.74, 6) is 1.25. The Balaban J connectivity index is 1.56. The summed E-state index contributed by atoms with van der Waals surface area (Å²) < 4.78 is 37.6. The molecule has 148 valence electrons. The summed E-state index contributed by atoms with van der Waals surface area (Å²) in [7, 11) is -0.646. The van der Waals surface area contributed by atoms with Crippen molar-refractivity contribution in [1.29, 1.82) is 0 Å². The van der Waals surface area contributed by atoms with E-state index in [9.17, 15) is 8.42 Å². The number of nitrogens with zero attached hydrogens (tertiary/aromatic N) is 3. The number of fused-ring (bicyclic) bond motifs is 1. The maximum Gasteiger partial charge on any atom is 0.243 e. The summed E-state index contributed by atoms with van der Waals surface area (Å²) in [6.45, 7) is -0.0356. The third kappa shape index (κ3) is 3.85. The lowest BCUT2D eigenvalue weighted by molar-refractivity contribution is 0.337. The van der Waals surface area contributed by atoms with Gasteiger partial charge in [-0.3, -0.25) is 0 Å². The lowest BCUT2D eigenvalue weighted by atomic mass is 10.1. The fourth-order valence-corrected chi connectivity index (χ4v) is 4.14.